The average Bonchev–Trinajstić information content (AvgIpc) is 3.08. The van der Waals surface area contributed by atoms with Crippen LogP contribution in [0, 0.1) is 0 Å². The normalized spacial score (nSPS) is 12.2. The Morgan fingerprint density at radius 1 is 1.22 bits per heavy atom. The van der Waals surface area contributed by atoms with Crippen LogP contribution in [-0.2, 0) is 9.47 Å². The summed E-state index contributed by atoms with van der Waals surface area (Å²) in [5.41, 5.74) is -0.614. The van der Waals surface area contributed by atoms with E-state index in [1.165, 1.54) is 36.4 Å². The van der Waals surface area contributed by atoms with Gasteiger partial charge in [0, 0.05) is 13.1 Å². The van der Waals surface area contributed by atoms with Gasteiger partial charge in [-0.2, -0.15) is 9.78 Å². The molecule has 2 amide bonds. The number of alkyl carbamates (subject to hydrolysis) is 1. The Balaban J connectivity index is 2.24. The van der Waals surface area contributed by atoms with Crippen LogP contribution >= 0.6 is 0 Å². The van der Waals surface area contributed by atoms with E-state index in [0.717, 1.165) is 0 Å². The lowest BCUT2D eigenvalue weighted by atomic mass is 10.2. The van der Waals surface area contributed by atoms with Crippen LogP contribution in [-0.4, -0.2) is 56.7 Å². The zero-order valence-electron chi connectivity index (χ0n) is 16.1. The number of carbonyl (C=O) groups excluding carboxylic acids is 2. The van der Waals surface area contributed by atoms with Crippen molar-refractivity contribution < 1.29 is 19.1 Å². The predicted octanol–water partition coefficient (Wildman–Crippen LogP) is 1.85. The van der Waals surface area contributed by atoms with E-state index >= 15 is 0 Å². The van der Waals surface area contributed by atoms with Crippen molar-refractivity contribution in [2.75, 3.05) is 19.1 Å². The van der Waals surface area contributed by atoms with Crippen LogP contribution in [0.5, 0.6) is 0 Å². The first-order chi connectivity index (χ1) is 12.6. The maximum Gasteiger partial charge on any atom is 0.414 e. The van der Waals surface area contributed by atoms with Crippen molar-refractivity contribution in [3.05, 3.63) is 24.5 Å². The van der Waals surface area contributed by atoms with E-state index in [1.807, 2.05) is 0 Å². The Morgan fingerprint density at radius 2 is 1.93 bits per heavy atom. The van der Waals surface area contributed by atoms with Gasteiger partial charge < -0.3 is 14.8 Å². The summed E-state index contributed by atoms with van der Waals surface area (Å²) in [5.74, 6) is 1.13. The lowest BCUT2D eigenvalue weighted by Gasteiger charge is -2.21. The summed E-state index contributed by atoms with van der Waals surface area (Å²) in [5, 5.41) is 6.84. The van der Waals surface area contributed by atoms with E-state index in [9.17, 15) is 9.59 Å². The molecule has 0 bridgehead atoms. The third kappa shape index (κ3) is 5.12. The van der Waals surface area contributed by atoms with Gasteiger partial charge >= 0.3 is 12.2 Å². The molecule has 11 nitrogen and oxygen atoms in total. The minimum absolute atomic E-state index is 0.320. The van der Waals surface area contributed by atoms with E-state index in [-0.39, 0.29) is 0 Å². The zero-order chi connectivity index (χ0) is 20.2. The van der Waals surface area contributed by atoms with E-state index in [0.29, 0.717) is 17.5 Å². The number of methoxy groups -OCH3 is 1. The number of hydrogen-bond acceptors (Lipinski definition) is 8. The van der Waals surface area contributed by atoms with Crippen LogP contribution in [0.1, 0.15) is 39.6 Å². The standard InChI is InChI=1S/C16H23N7O4/c1-10(21-14(24)27-16(2,3)4)13-19-9-20-23(13)12-7-11(17-8-18-12)22(5)15(25)26-6/h7-10H,1-6H3,(H,21,24)/t10-/m0/s1. The number of carbonyl (C=O) groups is 2. The fourth-order valence-corrected chi connectivity index (χ4v) is 2.14. The van der Waals surface area contributed by atoms with Crippen LogP contribution < -0.4 is 10.2 Å². The van der Waals surface area contributed by atoms with Crippen molar-refractivity contribution in [3.63, 3.8) is 0 Å². The van der Waals surface area contributed by atoms with Crippen LogP contribution in [0.15, 0.2) is 18.7 Å². The van der Waals surface area contributed by atoms with Crippen molar-refractivity contribution in [1.29, 1.82) is 0 Å². The molecule has 0 aliphatic rings. The molecule has 0 aliphatic carbocycles. The summed E-state index contributed by atoms with van der Waals surface area (Å²) in [7, 11) is 2.80. The van der Waals surface area contributed by atoms with Crippen LogP contribution in [0.25, 0.3) is 5.82 Å². The smallest absolute Gasteiger partial charge is 0.414 e. The van der Waals surface area contributed by atoms with Crippen molar-refractivity contribution in [2.24, 2.45) is 0 Å². The highest BCUT2D eigenvalue weighted by Crippen LogP contribution is 2.17. The Morgan fingerprint density at radius 3 is 2.56 bits per heavy atom. The number of hydrogen-bond donors (Lipinski definition) is 1. The molecule has 2 aromatic heterocycles. The number of nitrogens with one attached hydrogen (secondary N) is 1. The molecule has 0 aliphatic heterocycles. The molecule has 0 radical (unpaired) electrons. The van der Waals surface area contributed by atoms with Crippen molar-refractivity contribution in [2.45, 2.75) is 39.3 Å². The lowest BCUT2D eigenvalue weighted by molar-refractivity contribution is 0.0505. The van der Waals surface area contributed by atoms with Crippen LogP contribution in [0.3, 0.4) is 0 Å². The number of nitrogens with zero attached hydrogens (tertiary/aromatic N) is 6. The first-order valence-electron chi connectivity index (χ1n) is 8.16. The first-order valence-corrected chi connectivity index (χ1v) is 8.16. The molecule has 1 atom stereocenters. The molecule has 146 valence electrons. The fourth-order valence-electron chi connectivity index (χ4n) is 2.14. The number of ether oxygens (including phenoxy) is 2. The molecule has 0 fully saturated rings. The quantitative estimate of drug-likeness (QED) is 0.856. The van der Waals surface area contributed by atoms with Gasteiger partial charge in [0.25, 0.3) is 0 Å². The molecule has 0 saturated heterocycles. The number of anilines is 1. The Hall–Kier alpha value is -3.24. The first kappa shape index (κ1) is 20.1. The summed E-state index contributed by atoms with van der Waals surface area (Å²) < 4.78 is 11.4. The van der Waals surface area contributed by atoms with Crippen LogP contribution in [0.4, 0.5) is 15.4 Å². The maximum absolute atomic E-state index is 12.0. The Bertz CT molecular complexity index is 815. The number of amides is 2. The molecular formula is C16H23N7O4. The summed E-state index contributed by atoms with van der Waals surface area (Å²) >= 11 is 0. The minimum Gasteiger partial charge on any atom is -0.452 e. The van der Waals surface area contributed by atoms with Gasteiger partial charge in [-0.1, -0.05) is 0 Å². The van der Waals surface area contributed by atoms with Crippen molar-refractivity contribution in [3.8, 4) is 5.82 Å². The van der Waals surface area contributed by atoms with E-state index in [2.05, 4.69) is 30.1 Å². The fraction of sp³-hybridized carbons (Fsp3) is 0.500. The summed E-state index contributed by atoms with van der Waals surface area (Å²) in [4.78, 5) is 37.3. The van der Waals surface area contributed by atoms with Crippen molar-refractivity contribution >= 4 is 18.0 Å². The minimum atomic E-state index is -0.614. The molecule has 11 heteroatoms. The zero-order valence-corrected chi connectivity index (χ0v) is 16.1. The third-order valence-electron chi connectivity index (χ3n) is 3.34. The van der Waals surface area contributed by atoms with E-state index in [4.69, 9.17) is 4.74 Å². The topological polar surface area (TPSA) is 124 Å². The molecule has 0 aromatic carbocycles. The average molecular weight is 377 g/mol. The van der Waals surface area contributed by atoms with Gasteiger partial charge in [-0.25, -0.2) is 24.5 Å². The van der Waals surface area contributed by atoms with Gasteiger partial charge in [0.1, 0.15) is 24.1 Å². The van der Waals surface area contributed by atoms with Gasteiger partial charge in [-0.3, -0.25) is 4.90 Å². The summed E-state index contributed by atoms with van der Waals surface area (Å²) in [6, 6.07) is 1.05. The highest BCUT2D eigenvalue weighted by atomic mass is 16.6. The molecule has 27 heavy (non-hydrogen) atoms. The molecule has 2 rings (SSSR count). The van der Waals surface area contributed by atoms with E-state index in [1.54, 1.807) is 33.8 Å². The van der Waals surface area contributed by atoms with Crippen molar-refractivity contribution in [1.82, 2.24) is 30.0 Å². The van der Waals surface area contributed by atoms with E-state index < -0.39 is 23.8 Å². The van der Waals surface area contributed by atoms with Gasteiger partial charge in [0.05, 0.1) is 13.2 Å². The van der Waals surface area contributed by atoms with Gasteiger partial charge in [0.15, 0.2) is 11.6 Å². The number of aromatic nitrogens is 5. The Kier molecular flexibility index (Phi) is 5.93. The SMILES string of the molecule is COC(=O)N(C)c1cc(-n2ncnc2[C@H](C)NC(=O)OC(C)(C)C)ncn1. The molecule has 0 spiro atoms. The highest BCUT2D eigenvalue weighted by molar-refractivity contribution is 5.85. The number of rotatable bonds is 4. The highest BCUT2D eigenvalue weighted by Gasteiger charge is 2.22. The second-order valence-corrected chi connectivity index (χ2v) is 6.66. The molecule has 1 N–H and O–H groups in total. The van der Waals surface area contributed by atoms with Crippen LogP contribution in [0.2, 0.25) is 0 Å². The molecular weight excluding hydrogens is 354 g/mol. The molecule has 0 unspecified atom stereocenters. The predicted molar refractivity (Wildman–Crippen MR) is 95.5 cm³/mol. The summed E-state index contributed by atoms with van der Waals surface area (Å²) in [6.45, 7) is 7.08. The second-order valence-electron chi connectivity index (χ2n) is 6.66. The Labute approximate surface area is 156 Å². The molecule has 0 saturated carbocycles. The monoisotopic (exact) mass is 377 g/mol. The second kappa shape index (κ2) is 7.98. The lowest BCUT2D eigenvalue weighted by Crippen LogP contribution is -2.35. The third-order valence-corrected chi connectivity index (χ3v) is 3.34. The van der Waals surface area contributed by atoms with Gasteiger partial charge in [0.2, 0.25) is 0 Å². The molecule has 2 heterocycles. The summed E-state index contributed by atoms with van der Waals surface area (Å²) in [6.07, 6.45) is 1.49. The maximum atomic E-state index is 12.0. The van der Waals surface area contributed by atoms with Gasteiger partial charge in [-0.05, 0) is 27.7 Å². The largest absolute Gasteiger partial charge is 0.452 e. The molecule has 2 aromatic rings. The van der Waals surface area contributed by atoms with Gasteiger partial charge in [-0.15, -0.1) is 0 Å².